The van der Waals surface area contributed by atoms with Gasteiger partial charge >= 0.3 is 0 Å². The van der Waals surface area contributed by atoms with Crippen molar-refractivity contribution in [3.63, 3.8) is 0 Å². The lowest BCUT2D eigenvalue weighted by Gasteiger charge is -2.20. The maximum absolute atomic E-state index is 12.9. The third-order valence-electron chi connectivity index (χ3n) is 4.61. The van der Waals surface area contributed by atoms with Crippen LogP contribution in [0.2, 0.25) is 0 Å². The molecule has 0 aliphatic heterocycles. The van der Waals surface area contributed by atoms with Crippen LogP contribution in [0, 0.1) is 0 Å². The summed E-state index contributed by atoms with van der Waals surface area (Å²) in [5.41, 5.74) is 2.47. The van der Waals surface area contributed by atoms with Gasteiger partial charge in [0.05, 0.1) is 39.6 Å². The van der Waals surface area contributed by atoms with Gasteiger partial charge in [-0.25, -0.2) is 0 Å². The molecule has 29 heavy (non-hydrogen) atoms. The van der Waals surface area contributed by atoms with Crippen molar-refractivity contribution in [3.8, 4) is 17.2 Å². The van der Waals surface area contributed by atoms with Gasteiger partial charge in [-0.2, -0.15) is 5.10 Å². The van der Waals surface area contributed by atoms with Crippen LogP contribution in [0.25, 0.3) is 0 Å². The lowest BCUT2D eigenvalue weighted by atomic mass is 10.1. The maximum Gasteiger partial charge on any atom is 0.257 e. The molecule has 0 atom stereocenters. The topological polar surface area (TPSA) is 65.8 Å². The normalized spacial score (nSPS) is 10.5. The molecule has 0 bridgehead atoms. The molecule has 0 spiro atoms. The number of hydrogen-bond acceptors (Lipinski definition) is 5. The summed E-state index contributed by atoms with van der Waals surface area (Å²) in [6, 6.07) is 13.6. The highest BCUT2D eigenvalue weighted by atomic mass is 16.5. The Bertz CT molecular complexity index is 969. The average molecular weight is 395 g/mol. The molecule has 0 saturated heterocycles. The van der Waals surface area contributed by atoms with Crippen LogP contribution in [0.4, 0.5) is 0 Å². The predicted molar refractivity (Wildman–Crippen MR) is 110 cm³/mol. The van der Waals surface area contributed by atoms with E-state index in [0.29, 0.717) is 35.9 Å². The van der Waals surface area contributed by atoms with Crippen molar-refractivity contribution in [2.75, 3.05) is 28.4 Å². The van der Waals surface area contributed by atoms with E-state index in [1.54, 1.807) is 56.4 Å². The summed E-state index contributed by atoms with van der Waals surface area (Å²) < 4.78 is 18.0. The molecule has 1 heterocycles. The van der Waals surface area contributed by atoms with Crippen molar-refractivity contribution in [1.29, 1.82) is 0 Å². The highest BCUT2D eigenvalue weighted by Gasteiger charge is 2.20. The Morgan fingerprint density at radius 2 is 1.72 bits per heavy atom. The van der Waals surface area contributed by atoms with E-state index in [1.807, 2.05) is 36.4 Å². The molecular weight excluding hydrogens is 370 g/mol. The highest BCUT2D eigenvalue weighted by Crippen LogP contribution is 2.40. The molecule has 0 N–H and O–H groups in total. The zero-order chi connectivity index (χ0) is 20.8. The van der Waals surface area contributed by atoms with E-state index in [-0.39, 0.29) is 5.91 Å². The van der Waals surface area contributed by atoms with Gasteiger partial charge in [0, 0.05) is 25.4 Å². The average Bonchev–Trinajstić information content (AvgIpc) is 3.21. The zero-order valence-corrected chi connectivity index (χ0v) is 17.1. The summed E-state index contributed by atoms with van der Waals surface area (Å²) in [4.78, 5) is 14.5. The van der Waals surface area contributed by atoms with Crippen molar-refractivity contribution in [1.82, 2.24) is 14.7 Å². The minimum absolute atomic E-state index is 0.124. The summed E-state index contributed by atoms with van der Waals surface area (Å²) in [6.07, 6.45) is 3.35. The second-order valence-corrected chi connectivity index (χ2v) is 6.57. The first kappa shape index (κ1) is 20.3. The maximum atomic E-state index is 12.9. The fourth-order valence-corrected chi connectivity index (χ4v) is 3.17. The van der Waals surface area contributed by atoms with E-state index in [4.69, 9.17) is 14.2 Å². The molecule has 0 saturated carbocycles. The molecule has 152 valence electrons. The summed E-state index contributed by atoms with van der Waals surface area (Å²) in [5.74, 6) is 1.50. The smallest absolute Gasteiger partial charge is 0.257 e. The molecular formula is C22H25N3O4. The van der Waals surface area contributed by atoms with Crippen molar-refractivity contribution in [2.24, 2.45) is 0 Å². The fourth-order valence-electron chi connectivity index (χ4n) is 3.17. The van der Waals surface area contributed by atoms with Crippen LogP contribution >= 0.6 is 0 Å². The molecule has 1 aromatic heterocycles. The number of aromatic nitrogens is 2. The van der Waals surface area contributed by atoms with Crippen LogP contribution in [-0.4, -0.2) is 49.0 Å². The first-order valence-electron chi connectivity index (χ1n) is 9.17. The summed E-state index contributed by atoms with van der Waals surface area (Å²) >= 11 is 0. The quantitative estimate of drug-likeness (QED) is 0.586. The van der Waals surface area contributed by atoms with E-state index >= 15 is 0 Å². The SMILES string of the molecule is COc1ccc(CN(C)C(=O)c2cnn(Cc3ccccc3)c2)c(OC)c1OC. The Kier molecular flexibility index (Phi) is 6.39. The van der Waals surface area contributed by atoms with Crippen LogP contribution in [-0.2, 0) is 13.1 Å². The fraction of sp³-hybridized carbons (Fsp3) is 0.273. The molecule has 0 aliphatic rings. The molecule has 3 aromatic rings. The molecule has 3 rings (SSSR count). The van der Waals surface area contributed by atoms with E-state index in [2.05, 4.69) is 5.10 Å². The monoisotopic (exact) mass is 395 g/mol. The Labute approximate surface area is 170 Å². The van der Waals surface area contributed by atoms with Gasteiger partial charge in [0.25, 0.3) is 5.91 Å². The minimum Gasteiger partial charge on any atom is -0.493 e. The first-order valence-corrected chi connectivity index (χ1v) is 9.17. The highest BCUT2D eigenvalue weighted by molar-refractivity contribution is 5.93. The van der Waals surface area contributed by atoms with Gasteiger partial charge in [-0.15, -0.1) is 0 Å². The van der Waals surface area contributed by atoms with Gasteiger partial charge in [0.15, 0.2) is 11.5 Å². The predicted octanol–water partition coefficient (Wildman–Crippen LogP) is 3.23. The van der Waals surface area contributed by atoms with Crippen LogP contribution in [0.3, 0.4) is 0 Å². The van der Waals surface area contributed by atoms with Crippen molar-refractivity contribution in [2.45, 2.75) is 13.1 Å². The number of methoxy groups -OCH3 is 3. The Morgan fingerprint density at radius 3 is 2.38 bits per heavy atom. The second-order valence-electron chi connectivity index (χ2n) is 6.57. The summed E-state index contributed by atoms with van der Waals surface area (Å²) in [7, 11) is 6.43. The standard InChI is InChI=1S/C22H25N3O4/c1-24(14-17-10-11-19(27-2)21(29-4)20(17)28-3)22(26)18-12-23-25(15-18)13-16-8-6-5-7-9-16/h5-12,15H,13-14H2,1-4H3. The van der Waals surface area contributed by atoms with Crippen molar-refractivity contribution < 1.29 is 19.0 Å². The zero-order valence-electron chi connectivity index (χ0n) is 17.1. The molecule has 7 nitrogen and oxygen atoms in total. The van der Waals surface area contributed by atoms with E-state index < -0.39 is 0 Å². The molecule has 2 aromatic carbocycles. The van der Waals surface area contributed by atoms with E-state index in [0.717, 1.165) is 11.1 Å². The van der Waals surface area contributed by atoms with Crippen LogP contribution in [0.1, 0.15) is 21.5 Å². The summed E-state index contributed by atoms with van der Waals surface area (Å²) in [5, 5.41) is 4.31. The van der Waals surface area contributed by atoms with Crippen LogP contribution < -0.4 is 14.2 Å². The van der Waals surface area contributed by atoms with Crippen molar-refractivity contribution in [3.05, 3.63) is 71.5 Å². The minimum atomic E-state index is -0.124. The van der Waals surface area contributed by atoms with Gasteiger partial charge in [0.2, 0.25) is 5.75 Å². The van der Waals surface area contributed by atoms with Gasteiger partial charge in [0.1, 0.15) is 0 Å². The molecule has 1 amide bonds. The van der Waals surface area contributed by atoms with Crippen molar-refractivity contribution >= 4 is 5.91 Å². The number of rotatable bonds is 8. The number of ether oxygens (including phenoxy) is 3. The molecule has 0 fully saturated rings. The third-order valence-corrected chi connectivity index (χ3v) is 4.61. The Hall–Kier alpha value is -3.48. The molecule has 0 aliphatic carbocycles. The molecule has 0 unspecified atom stereocenters. The van der Waals surface area contributed by atoms with Gasteiger partial charge < -0.3 is 19.1 Å². The van der Waals surface area contributed by atoms with Crippen LogP contribution in [0.5, 0.6) is 17.2 Å². The number of carbonyl (C=O) groups is 1. The lowest BCUT2D eigenvalue weighted by Crippen LogP contribution is -2.26. The third kappa shape index (κ3) is 4.51. The van der Waals surface area contributed by atoms with Gasteiger partial charge in [-0.3, -0.25) is 9.48 Å². The first-order chi connectivity index (χ1) is 14.1. The molecule has 0 radical (unpaired) electrons. The molecule has 7 heteroatoms. The van der Waals surface area contributed by atoms with Gasteiger partial charge in [-0.05, 0) is 17.7 Å². The second kappa shape index (κ2) is 9.14. The largest absolute Gasteiger partial charge is 0.493 e. The number of nitrogens with zero attached hydrogens (tertiary/aromatic N) is 3. The van der Waals surface area contributed by atoms with E-state index in [9.17, 15) is 4.79 Å². The summed E-state index contributed by atoms with van der Waals surface area (Å²) in [6.45, 7) is 0.966. The number of benzene rings is 2. The Morgan fingerprint density at radius 1 is 1.00 bits per heavy atom. The number of amides is 1. The lowest BCUT2D eigenvalue weighted by molar-refractivity contribution is 0.0784. The van der Waals surface area contributed by atoms with Crippen LogP contribution in [0.15, 0.2) is 54.9 Å². The number of carbonyl (C=O) groups excluding carboxylic acids is 1. The van der Waals surface area contributed by atoms with Gasteiger partial charge in [-0.1, -0.05) is 30.3 Å². The Balaban J connectivity index is 1.74. The number of hydrogen-bond donors (Lipinski definition) is 0. The van der Waals surface area contributed by atoms with E-state index in [1.165, 1.54) is 0 Å².